The van der Waals surface area contributed by atoms with Crippen LogP contribution in [0.5, 0.6) is 11.5 Å². The largest absolute Gasteiger partial charge is 0.493 e. The summed E-state index contributed by atoms with van der Waals surface area (Å²) in [4.78, 5) is 31.9. The average molecular weight is 559 g/mol. The van der Waals surface area contributed by atoms with Crippen molar-refractivity contribution in [3.05, 3.63) is 57.4 Å². The molecule has 2 aromatic carbocycles. The van der Waals surface area contributed by atoms with Gasteiger partial charge in [-0.1, -0.05) is 38.0 Å². The third-order valence-electron chi connectivity index (χ3n) is 6.11. The Hall–Kier alpha value is -2.78. The highest BCUT2D eigenvalue weighted by Gasteiger charge is 2.41. The number of carboxylic acids is 1. The van der Waals surface area contributed by atoms with Gasteiger partial charge >= 0.3 is 5.97 Å². The third-order valence-corrected chi connectivity index (χ3v) is 7.68. The van der Waals surface area contributed by atoms with Crippen molar-refractivity contribution in [2.75, 3.05) is 13.7 Å². The van der Waals surface area contributed by atoms with Crippen LogP contribution in [-0.4, -0.2) is 46.8 Å². The normalized spacial score (nSPS) is 22.6. The van der Waals surface area contributed by atoms with Crippen LogP contribution in [-0.2, 0) is 9.59 Å². The van der Waals surface area contributed by atoms with Crippen molar-refractivity contribution < 1.29 is 24.2 Å². The average Bonchev–Trinajstić information content (AvgIpc) is 3.13. The fraction of sp³-hybridized carbons (Fsp3) is 0.346. The molecule has 4 rings (SSSR count). The molecule has 2 aromatic rings. The fourth-order valence-electron chi connectivity index (χ4n) is 4.40. The number of thioether (sulfide) groups is 1. The molecule has 1 N–H and O–H groups in total. The lowest BCUT2D eigenvalue weighted by atomic mass is 9.85. The van der Waals surface area contributed by atoms with Crippen LogP contribution < -0.4 is 9.47 Å². The van der Waals surface area contributed by atoms with E-state index in [4.69, 9.17) is 19.6 Å². The molecule has 1 saturated carbocycles. The lowest BCUT2D eigenvalue weighted by molar-refractivity contribution is -0.139. The number of carbonyl (C=O) groups is 2. The molecule has 2 atom stereocenters. The molecule has 1 heterocycles. The highest BCUT2D eigenvalue weighted by molar-refractivity contribution is 9.10. The number of amides is 1. The number of aliphatic carboxylic acids is 1. The second kappa shape index (κ2) is 11.3. The van der Waals surface area contributed by atoms with Gasteiger partial charge in [-0.3, -0.25) is 9.69 Å². The van der Waals surface area contributed by atoms with E-state index < -0.39 is 12.6 Å². The number of carboxylic acid groups (broad SMARTS) is 1. The summed E-state index contributed by atoms with van der Waals surface area (Å²) in [5.41, 5.74) is 1.53. The molecule has 1 saturated heterocycles. The Bertz CT molecular complexity index is 1170. The van der Waals surface area contributed by atoms with E-state index in [2.05, 4.69) is 22.9 Å². The maximum absolute atomic E-state index is 13.7. The van der Waals surface area contributed by atoms with Crippen molar-refractivity contribution in [1.29, 1.82) is 0 Å². The number of para-hydroxylation sites is 1. The van der Waals surface area contributed by atoms with Crippen molar-refractivity contribution in [2.45, 2.75) is 38.6 Å². The zero-order valence-electron chi connectivity index (χ0n) is 19.6. The lowest BCUT2D eigenvalue weighted by Gasteiger charge is -2.35. The summed E-state index contributed by atoms with van der Waals surface area (Å²) >= 11 is 4.81. The summed E-state index contributed by atoms with van der Waals surface area (Å²) in [5.74, 6) is -0.0658. The smallest absolute Gasteiger partial charge is 0.341 e. The molecule has 7 nitrogen and oxygen atoms in total. The number of amidine groups is 1. The van der Waals surface area contributed by atoms with Gasteiger partial charge in [0.2, 0.25) is 0 Å². The molecule has 2 fully saturated rings. The lowest BCUT2D eigenvalue weighted by Crippen LogP contribution is -2.44. The zero-order valence-corrected chi connectivity index (χ0v) is 22.0. The number of ether oxygens (including phenoxy) is 2. The maximum Gasteiger partial charge on any atom is 0.341 e. The number of nitrogens with zero attached hydrogens (tertiary/aromatic N) is 2. The predicted molar refractivity (Wildman–Crippen MR) is 141 cm³/mol. The molecule has 35 heavy (non-hydrogen) atoms. The fourth-order valence-corrected chi connectivity index (χ4v) is 6.02. The van der Waals surface area contributed by atoms with E-state index in [0.717, 1.165) is 30.5 Å². The third kappa shape index (κ3) is 5.90. The molecule has 0 aromatic heterocycles. The first-order chi connectivity index (χ1) is 16.9. The number of hydrogen-bond donors (Lipinski definition) is 1. The van der Waals surface area contributed by atoms with Crippen LogP contribution in [0.25, 0.3) is 6.08 Å². The van der Waals surface area contributed by atoms with Gasteiger partial charge in [0.1, 0.15) is 0 Å². The molecule has 0 spiro atoms. The Balaban J connectivity index is 1.70. The van der Waals surface area contributed by atoms with E-state index >= 15 is 0 Å². The van der Waals surface area contributed by atoms with E-state index in [1.807, 2.05) is 41.3 Å². The van der Waals surface area contributed by atoms with Crippen LogP contribution in [0, 0.1) is 5.92 Å². The first-order valence-corrected chi connectivity index (χ1v) is 13.1. The molecule has 0 bridgehead atoms. The Morgan fingerprint density at radius 3 is 2.69 bits per heavy atom. The highest BCUT2D eigenvalue weighted by Crippen LogP contribution is 2.42. The molecule has 1 amide bonds. The molecule has 9 heteroatoms. The number of halogens is 1. The molecule has 0 radical (unpaired) electrons. The summed E-state index contributed by atoms with van der Waals surface area (Å²) < 4.78 is 11.3. The van der Waals surface area contributed by atoms with E-state index in [1.165, 1.54) is 25.3 Å². The summed E-state index contributed by atoms with van der Waals surface area (Å²) in [6.45, 7) is 1.72. The Labute approximate surface area is 217 Å². The number of methoxy groups -OCH3 is 1. The van der Waals surface area contributed by atoms with Gasteiger partial charge in [-0.15, -0.1) is 0 Å². The molecule has 2 aliphatic rings. The second-order valence-electron chi connectivity index (χ2n) is 8.56. The Morgan fingerprint density at radius 2 is 2.00 bits per heavy atom. The molecular formula is C26H27BrN2O5S. The first-order valence-electron chi connectivity index (χ1n) is 11.5. The van der Waals surface area contributed by atoms with Crippen molar-refractivity contribution in [1.82, 2.24) is 4.90 Å². The van der Waals surface area contributed by atoms with Gasteiger partial charge in [-0.05, 0) is 82.4 Å². The van der Waals surface area contributed by atoms with E-state index in [1.54, 1.807) is 12.1 Å². The summed E-state index contributed by atoms with van der Waals surface area (Å²) in [6, 6.07) is 13.3. The number of aliphatic imine (C=N–C) groups is 1. The summed E-state index contributed by atoms with van der Waals surface area (Å²) in [7, 11) is 1.48. The van der Waals surface area contributed by atoms with Gasteiger partial charge in [-0.2, -0.15) is 0 Å². The predicted octanol–water partition coefficient (Wildman–Crippen LogP) is 6.10. The van der Waals surface area contributed by atoms with Crippen LogP contribution in [0.4, 0.5) is 5.69 Å². The van der Waals surface area contributed by atoms with Crippen LogP contribution >= 0.6 is 27.7 Å². The summed E-state index contributed by atoms with van der Waals surface area (Å²) in [5, 5.41) is 9.63. The van der Waals surface area contributed by atoms with Gasteiger partial charge in [0, 0.05) is 6.04 Å². The number of benzene rings is 2. The Kier molecular flexibility index (Phi) is 8.18. The van der Waals surface area contributed by atoms with Gasteiger partial charge < -0.3 is 14.6 Å². The van der Waals surface area contributed by atoms with E-state index in [-0.39, 0.29) is 11.9 Å². The molecular weight excluding hydrogens is 532 g/mol. The molecule has 1 aliphatic heterocycles. The quantitative estimate of drug-likeness (QED) is 0.413. The van der Waals surface area contributed by atoms with E-state index in [9.17, 15) is 9.59 Å². The molecule has 184 valence electrons. The minimum Gasteiger partial charge on any atom is -0.493 e. The van der Waals surface area contributed by atoms with Gasteiger partial charge in [0.25, 0.3) is 5.91 Å². The van der Waals surface area contributed by atoms with Crippen molar-refractivity contribution in [3.8, 4) is 11.5 Å². The SMILES string of the molecule is COc1cc(/C=C2\SC(=Nc3ccccc3)N([C@@H]3CCCC[C@H]3C)C2=O)cc(Br)c1OCC(=O)O. The van der Waals surface area contributed by atoms with Gasteiger partial charge in [0.05, 0.1) is 22.2 Å². The molecule has 0 unspecified atom stereocenters. The number of hydrogen-bond acceptors (Lipinski definition) is 6. The minimum absolute atomic E-state index is 0.0512. The first kappa shape index (κ1) is 25.3. The monoisotopic (exact) mass is 558 g/mol. The maximum atomic E-state index is 13.7. The number of rotatable bonds is 7. The van der Waals surface area contributed by atoms with E-state index in [0.29, 0.717) is 32.0 Å². The van der Waals surface area contributed by atoms with Crippen LogP contribution in [0.15, 0.2) is 56.8 Å². The van der Waals surface area contributed by atoms with Crippen molar-refractivity contribution in [2.24, 2.45) is 10.9 Å². The Morgan fingerprint density at radius 1 is 1.26 bits per heavy atom. The van der Waals surface area contributed by atoms with Crippen LogP contribution in [0.2, 0.25) is 0 Å². The molecule has 1 aliphatic carbocycles. The topological polar surface area (TPSA) is 88.4 Å². The van der Waals surface area contributed by atoms with Gasteiger partial charge in [-0.25, -0.2) is 9.79 Å². The van der Waals surface area contributed by atoms with Crippen molar-refractivity contribution >= 4 is 56.5 Å². The second-order valence-corrected chi connectivity index (χ2v) is 10.4. The van der Waals surface area contributed by atoms with Crippen LogP contribution in [0.1, 0.15) is 38.2 Å². The highest BCUT2D eigenvalue weighted by atomic mass is 79.9. The van der Waals surface area contributed by atoms with Gasteiger partial charge in [0.15, 0.2) is 23.3 Å². The zero-order chi connectivity index (χ0) is 24.9. The number of carbonyl (C=O) groups excluding carboxylic acids is 1. The summed E-state index contributed by atoms with van der Waals surface area (Å²) in [6.07, 6.45) is 6.16. The van der Waals surface area contributed by atoms with Crippen molar-refractivity contribution in [3.63, 3.8) is 0 Å². The standard InChI is InChI=1S/C26H27BrN2O5S/c1-16-8-6-7-11-20(16)29-25(32)22(35-26(29)28-18-9-4-3-5-10-18)14-17-12-19(27)24(21(13-17)33-2)34-15-23(30)31/h3-5,9-10,12-14,16,20H,6-8,11,15H2,1-2H3,(H,30,31)/b22-14-,28-26?/t16-,20-/m1/s1. The van der Waals surface area contributed by atoms with Crippen LogP contribution in [0.3, 0.4) is 0 Å². The minimum atomic E-state index is -1.08.